The number of pyridine rings is 1. The van der Waals surface area contributed by atoms with Gasteiger partial charge >= 0.3 is 0 Å². The van der Waals surface area contributed by atoms with Gasteiger partial charge < -0.3 is 14.4 Å². The molecular formula is C19H22N4O2. The highest BCUT2D eigenvalue weighted by atomic mass is 16.5. The van der Waals surface area contributed by atoms with Crippen molar-refractivity contribution in [1.82, 2.24) is 15.0 Å². The summed E-state index contributed by atoms with van der Waals surface area (Å²) in [4.78, 5) is 15.2. The number of hydrogen-bond acceptors (Lipinski definition) is 6. The van der Waals surface area contributed by atoms with Crippen LogP contribution >= 0.6 is 0 Å². The highest BCUT2D eigenvalue weighted by Gasteiger charge is 2.16. The molecule has 6 nitrogen and oxygen atoms in total. The van der Waals surface area contributed by atoms with E-state index in [4.69, 9.17) is 9.47 Å². The third-order valence-electron chi connectivity index (χ3n) is 4.23. The summed E-state index contributed by atoms with van der Waals surface area (Å²) in [5.74, 6) is 2.20. The second-order valence-corrected chi connectivity index (χ2v) is 5.58. The van der Waals surface area contributed by atoms with Crippen LogP contribution in [0.5, 0.6) is 11.5 Å². The number of benzene rings is 1. The van der Waals surface area contributed by atoms with Crippen LogP contribution in [0.3, 0.4) is 0 Å². The summed E-state index contributed by atoms with van der Waals surface area (Å²) in [6.45, 7) is 3.84. The zero-order valence-corrected chi connectivity index (χ0v) is 14.8. The van der Waals surface area contributed by atoms with E-state index >= 15 is 0 Å². The Morgan fingerprint density at radius 3 is 2.48 bits per heavy atom. The lowest BCUT2D eigenvalue weighted by molar-refractivity contribution is 0.358. The fraction of sp³-hybridized carbons (Fsp3) is 0.316. The molecule has 0 radical (unpaired) electrons. The van der Waals surface area contributed by atoms with Crippen molar-refractivity contribution in [2.75, 3.05) is 32.2 Å². The van der Waals surface area contributed by atoms with E-state index in [1.807, 2.05) is 36.7 Å². The van der Waals surface area contributed by atoms with E-state index < -0.39 is 0 Å². The third-order valence-corrected chi connectivity index (χ3v) is 4.23. The molecule has 0 aliphatic rings. The Labute approximate surface area is 147 Å². The van der Waals surface area contributed by atoms with Crippen molar-refractivity contribution in [3.8, 4) is 11.5 Å². The predicted octanol–water partition coefficient (Wildman–Crippen LogP) is 3.11. The molecule has 0 amide bonds. The van der Waals surface area contributed by atoms with Gasteiger partial charge in [0.1, 0.15) is 17.7 Å². The Hall–Kier alpha value is -2.89. The summed E-state index contributed by atoms with van der Waals surface area (Å²) >= 11 is 0. The molecule has 6 heteroatoms. The molecule has 3 rings (SSSR count). The smallest absolute Gasteiger partial charge is 0.187 e. The van der Waals surface area contributed by atoms with Crippen LogP contribution < -0.4 is 14.4 Å². The Morgan fingerprint density at radius 2 is 1.80 bits per heavy atom. The number of nitrogens with zero attached hydrogens (tertiary/aromatic N) is 4. The summed E-state index contributed by atoms with van der Waals surface area (Å²) in [7, 11) is 3.25. The zero-order chi connectivity index (χ0) is 17.6. The van der Waals surface area contributed by atoms with E-state index in [9.17, 15) is 0 Å². The number of ether oxygens (including phenoxy) is 2. The van der Waals surface area contributed by atoms with Crippen molar-refractivity contribution in [3.63, 3.8) is 0 Å². The van der Waals surface area contributed by atoms with Crippen molar-refractivity contribution in [3.05, 3.63) is 48.5 Å². The Kier molecular flexibility index (Phi) is 5.28. The monoisotopic (exact) mass is 338 g/mol. The summed E-state index contributed by atoms with van der Waals surface area (Å²) in [6.07, 6.45) is 6.15. The molecule has 2 heterocycles. The van der Waals surface area contributed by atoms with Gasteiger partial charge in [-0.1, -0.05) is 0 Å². The number of rotatable bonds is 7. The second-order valence-electron chi connectivity index (χ2n) is 5.58. The van der Waals surface area contributed by atoms with Crippen molar-refractivity contribution in [1.29, 1.82) is 0 Å². The Morgan fingerprint density at radius 1 is 1.00 bits per heavy atom. The Balaban J connectivity index is 1.95. The van der Waals surface area contributed by atoms with Gasteiger partial charge in [0, 0.05) is 30.9 Å². The number of fused-ring (bicyclic) bond motifs is 1. The lowest BCUT2D eigenvalue weighted by atomic mass is 10.1. The van der Waals surface area contributed by atoms with Gasteiger partial charge in [0.15, 0.2) is 11.5 Å². The molecule has 25 heavy (non-hydrogen) atoms. The summed E-state index contributed by atoms with van der Waals surface area (Å²) < 4.78 is 10.9. The maximum absolute atomic E-state index is 5.51. The summed E-state index contributed by atoms with van der Waals surface area (Å²) in [6, 6.07) is 7.96. The molecule has 0 unspecified atom stereocenters. The first-order valence-corrected chi connectivity index (χ1v) is 8.28. The number of methoxy groups -OCH3 is 2. The number of aromatic nitrogens is 3. The molecule has 0 saturated heterocycles. The molecule has 0 N–H and O–H groups in total. The first-order chi connectivity index (χ1) is 12.3. The van der Waals surface area contributed by atoms with Crippen LogP contribution in [0.15, 0.2) is 43.0 Å². The first-order valence-electron chi connectivity index (χ1n) is 8.28. The molecular weight excluding hydrogens is 316 g/mol. The van der Waals surface area contributed by atoms with E-state index in [0.29, 0.717) is 11.5 Å². The molecule has 0 aliphatic carbocycles. The molecule has 3 aromatic rings. The summed E-state index contributed by atoms with van der Waals surface area (Å²) in [5.41, 5.74) is 2.01. The van der Waals surface area contributed by atoms with Crippen LogP contribution in [0.2, 0.25) is 0 Å². The van der Waals surface area contributed by atoms with Crippen molar-refractivity contribution < 1.29 is 9.47 Å². The van der Waals surface area contributed by atoms with E-state index in [1.54, 1.807) is 20.5 Å². The van der Waals surface area contributed by atoms with Crippen LogP contribution in [-0.2, 0) is 6.42 Å². The fourth-order valence-electron chi connectivity index (χ4n) is 2.91. The van der Waals surface area contributed by atoms with E-state index in [2.05, 4.69) is 26.8 Å². The quantitative estimate of drug-likeness (QED) is 0.660. The Bertz CT molecular complexity index is 839. The molecule has 130 valence electrons. The SMILES string of the molecule is CCN(CCc1ccncc1)c1ncnc2c(OC)c(OC)ccc12. The fourth-order valence-corrected chi connectivity index (χ4v) is 2.91. The molecule has 0 bridgehead atoms. The summed E-state index contributed by atoms with van der Waals surface area (Å²) in [5, 5.41) is 0.955. The lowest BCUT2D eigenvalue weighted by Gasteiger charge is -2.23. The third kappa shape index (κ3) is 3.47. The van der Waals surface area contributed by atoms with Crippen molar-refractivity contribution in [2.24, 2.45) is 0 Å². The molecule has 1 aromatic carbocycles. The highest BCUT2D eigenvalue weighted by molar-refractivity contribution is 5.95. The zero-order valence-electron chi connectivity index (χ0n) is 14.8. The van der Waals surface area contributed by atoms with Crippen LogP contribution in [0.1, 0.15) is 12.5 Å². The largest absolute Gasteiger partial charge is 0.493 e. The standard InChI is InChI=1S/C19H22N4O2/c1-4-23(12-9-14-7-10-20-11-8-14)19-15-5-6-16(24-2)18(25-3)17(15)21-13-22-19/h5-8,10-11,13H,4,9,12H2,1-3H3. The predicted molar refractivity (Wildman–Crippen MR) is 98.5 cm³/mol. The number of likely N-dealkylation sites (N-methyl/N-ethyl adjacent to an activating group) is 1. The van der Waals surface area contributed by atoms with Gasteiger partial charge in [0.2, 0.25) is 0 Å². The number of hydrogen-bond donors (Lipinski definition) is 0. The number of anilines is 1. The lowest BCUT2D eigenvalue weighted by Crippen LogP contribution is -2.26. The molecule has 0 saturated carbocycles. The van der Waals surface area contributed by atoms with Gasteiger partial charge in [-0.2, -0.15) is 0 Å². The van der Waals surface area contributed by atoms with Gasteiger partial charge in [-0.15, -0.1) is 0 Å². The normalized spacial score (nSPS) is 10.7. The van der Waals surface area contributed by atoms with Gasteiger partial charge in [0.25, 0.3) is 0 Å². The van der Waals surface area contributed by atoms with E-state index in [0.717, 1.165) is 36.2 Å². The van der Waals surface area contributed by atoms with Gasteiger partial charge in [-0.25, -0.2) is 9.97 Å². The second kappa shape index (κ2) is 7.79. The molecule has 2 aromatic heterocycles. The average Bonchev–Trinajstić information content (AvgIpc) is 2.68. The molecule has 0 spiro atoms. The van der Waals surface area contributed by atoms with Crippen molar-refractivity contribution in [2.45, 2.75) is 13.3 Å². The first kappa shape index (κ1) is 17.0. The minimum atomic E-state index is 0.633. The van der Waals surface area contributed by atoms with Crippen LogP contribution in [-0.4, -0.2) is 42.3 Å². The van der Waals surface area contributed by atoms with Crippen LogP contribution in [0, 0.1) is 0 Å². The van der Waals surface area contributed by atoms with Gasteiger partial charge in [0.05, 0.1) is 14.2 Å². The van der Waals surface area contributed by atoms with E-state index in [1.165, 1.54) is 5.56 Å². The molecule has 0 aliphatic heterocycles. The topological polar surface area (TPSA) is 60.4 Å². The maximum atomic E-state index is 5.51. The minimum Gasteiger partial charge on any atom is -0.493 e. The van der Waals surface area contributed by atoms with Gasteiger partial charge in [-0.3, -0.25) is 4.98 Å². The van der Waals surface area contributed by atoms with Gasteiger partial charge in [-0.05, 0) is 43.2 Å². The molecule has 0 fully saturated rings. The minimum absolute atomic E-state index is 0.633. The van der Waals surface area contributed by atoms with Crippen molar-refractivity contribution >= 4 is 16.7 Å². The highest BCUT2D eigenvalue weighted by Crippen LogP contribution is 2.36. The molecule has 0 atom stereocenters. The van der Waals surface area contributed by atoms with E-state index in [-0.39, 0.29) is 0 Å². The van der Waals surface area contributed by atoms with Crippen LogP contribution in [0.25, 0.3) is 10.9 Å². The average molecular weight is 338 g/mol. The van der Waals surface area contributed by atoms with Crippen LogP contribution in [0.4, 0.5) is 5.82 Å². The maximum Gasteiger partial charge on any atom is 0.187 e.